The monoisotopic (exact) mass is 486 g/mol. The highest BCUT2D eigenvalue weighted by Crippen LogP contribution is 2.17. The van der Waals surface area contributed by atoms with Crippen molar-refractivity contribution in [2.45, 2.75) is 19.5 Å². The molecule has 0 spiro atoms. The van der Waals surface area contributed by atoms with Crippen molar-refractivity contribution in [3.63, 3.8) is 0 Å². The van der Waals surface area contributed by atoms with Gasteiger partial charge in [-0.2, -0.15) is 0 Å². The number of guanidine groups is 1. The first-order chi connectivity index (χ1) is 12.7. The van der Waals surface area contributed by atoms with E-state index in [1.807, 2.05) is 0 Å². The molecular formula is C20H25F2IN4. The Morgan fingerprint density at radius 2 is 1.89 bits per heavy atom. The van der Waals surface area contributed by atoms with E-state index in [4.69, 9.17) is 0 Å². The minimum atomic E-state index is -0.448. The summed E-state index contributed by atoms with van der Waals surface area (Å²) in [5, 5.41) is 6.25. The first-order valence-electron chi connectivity index (χ1n) is 8.83. The highest BCUT2D eigenvalue weighted by atomic mass is 127. The SMILES string of the molecule is CN=C(NCCN1CCc2ccccc2C1)NCc1cc(F)ccc1F.I. The summed E-state index contributed by atoms with van der Waals surface area (Å²) in [6.45, 7) is 3.80. The molecule has 1 aliphatic heterocycles. The Balaban J connectivity index is 0.00000261. The molecule has 0 aliphatic carbocycles. The highest BCUT2D eigenvalue weighted by Gasteiger charge is 2.15. The topological polar surface area (TPSA) is 39.7 Å². The average Bonchev–Trinajstić information content (AvgIpc) is 2.67. The first kappa shape index (κ1) is 21.6. The first-order valence-corrected chi connectivity index (χ1v) is 8.83. The van der Waals surface area contributed by atoms with Crippen LogP contribution in [0.15, 0.2) is 47.5 Å². The van der Waals surface area contributed by atoms with Gasteiger partial charge in [0.25, 0.3) is 0 Å². The van der Waals surface area contributed by atoms with Crippen LogP contribution in [-0.4, -0.2) is 37.5 Å². The molecule has 0 bridgehead atoms. The second-order valence-electron chi connectivity index (χ2n) is 6.38. The Morgan fingerprint density at radius 3 is 2.67 bits per heavy atom. The molecule has 27 heavy (non-hydrogen) atoms. The van der Waals surface area contributed by atoms with Crippen molar-refractivity contribution in [2.75, 3.05) is 26.7 Å². The summed E-state index contributed by atoms with van der Waals surface area (Å²) in [5.74, 6) is -0.302. The molecule has 1 heterocycles. The number of aliphatic imine (C=N–C) groups is 1. The molecule has 146 valence electrons. The van der Waals surface area contributed by atoms with Crippen molar-refractivity contribution >= 4 is 29.9 Å². The number of nitrogens with zero attached hydrogens (tertiary/aromatic N) is 2. The number of rotatable bonds is 5. The second kappa shape index (κ2) is 10.6. The molecule has 0 aromatic heterocycles. The summed E-state index contributed by atoms with van der Waals surface area (Å²) in [6.07, 6.45) is 1.07. The Kier molecular flexibility index (Phi) is 8.43. The number of fused-ring (bicyclic) bond motifs is 1. The fraction of sp³-hybridized carbons (Fsp3) is 0.350. The standard InChI is InChI=1S/C20H24F2N4.HI/c1-23-20(25-13-17-12-18(21)6-7-19(17)22)24-9-11-26-10-8-15-4-2-3-5-16(15)14-26;/h2-7,12H,8-11,13-14H2,1H3,(H2,23,24,25);1H. The Hall–Kier alpha value is -1.74. The van der Waals surface area contributed by atoms with Crippen LogP contribution in [-0.2, 0) is 19.5 Å². The second-order valence-corrected chi connectivity index (χ2v) is 6.38. The van der Waals surface area contributed by atoms with Gasteiger partial charge in [-0.3, -0.25) is 9.89 Å². The van der Waals surface area contributed by atoms with E-state index >= 15 is 0 Å². The van der Waals surface area contributed by atoms with Gasteiger partial charge >= 0.3 is 0 Å². The highest BCUT2D eigenvalue weighted by molar-refractivity contribution is 14.0. The van der Waals surface area contributed by atoms with Gasteiger partial charge in [0.2, 0.25) is 0 Å². The minimum absolute atomic E-state index is 0. The fourth-order valence-electron chi connectivity index (χ4n) is 3.16. The molecule has 0 radical (unpaired) electrons. The van der Waals surface area contributed by atoms with Crippen molar-refractivity contribution < 1.29 is 8.78 Å². The number of hydrogen-bond acceptors (Lipinski definition) is 2. The molecule has 2 aromatic rings. The maximum atomic E-state index is 13.7. The predicted octanol–water partition coefficient (Wildman–Crippen LogP) is 3.31. The number of halogens is 3. The molecule has 3 rings (SSSR count). The molecule has 0 saturated carbocycles. The van der Waals surface area contributed by atoms with E-state index in [0.29, 0.717) is 5.96 Å². The summed E-state index contributed by atoms with van der Waals surface area (Å²) in [7, 11) is 1.66. The third-order valence-electron chi connectivity index (χ3n) is 4.61. The van der Waals surface area contributed by atoms with Crippen LogP contribution in [0.25, 0.3) is 0 Å². The van der Waals surface area contributed by atoms with Crippen LogP contribution < -0.4 is 10.6 Å². The Bertz CT molecular complexity index is 782. The van der Waals surface area contributed by atoms with Gasteiger partial charge in [0.1, 0.15) is 11.6 Å². The molecule has 1 aliphatic rings. The molecule has 0 amide bonds. The van der Waals surface area contributed by atoms with Crippen LogP contribution >= 0.6 is 24.0 Å². The van der Waals surface area contributed by atoms with E-state index in [-0.39, 0.29) is 36.1 Å². The van der Waals surface area contributed by atoms with E-state index in [9.17, 15) is 8.78 Å². The number of benzene rings is 2. The Morgan fingerprint density at radius 1 is 1.11 bits per heavy atom. The smallest absolute Gasteiger partial charge is 0.191 e. The lowest BCUT2D eigenvalue weighted by Gasteiger charge is -2.28. The average molecular weight is 486 g/mol. The molecule has 0 saturated heterocycles. The molecule has 2 aromatic carbocycles. The third-order valence-corrected chi connectivity index (χ3v) is 4.61. The van der Waals surface area contributed by atoms with Gasteiger partial charge in [0.15, 0.2) is 5.96 Å². The lowest BCUT2D eigenvalue weighted by Crippen LogP contribution is -2.42. The zero-order chi connectivity index (χ0) is 18.4. The molecule has 0 fully saturated rings. The van der Waals surface area contributed by atoms with Gasteiger partial charge < -0.3 is 10.6 Å². The van der Waals surface area contributed by atoms with Crippen LogP contribution in [0.2, 0.25) is 0 Å². The van der Waals surface area contributed by atoms with E-state index in [2.05, 4.69) is 44.8 Å². The van der Waals surface area contributed by atoms with Crippen molar-refractivity contribution in [1.29, 1.82) is 0 Å². The fourth-order valence-corrected chi connectivity index (χ4v) is 3.16. The van der Waals surface area contributed by atoms with Gasteiger partial charge in [-0.25, -0.2) is 8.78 Å². The molecule has 2 N–H and O–H groups in total. The molecule has 0 atom stereocenters. The van der Waals surface area contributed by atoms with Crippen molar-refractivity contribution in [2.24, 2.45) is 4.99 Å². The lowest BCUT2D eigenvalue weighted by molar-refractivity contribution is 0.258. The van der Waals surface area contributed by atoms with Gasteiger partial charge in [0.05, 0.1) is 0 Å². The summed E-state index contributed by atoms with van der Waals surface area (Å²) in [4.78, 5) is 6.53. The zero-order valence-electron chi connectivity index (χ0n) is 15.3. The molecule has 4 nitrogen and oxygen atoms in total. The van der Waals surface area contributed by atoms with E-state index in [1.54, 1.807) is 7.05 Å². The largest absolute Gasteiger partial charge is 0.355 e. The van der Waals surface area contributed by atoms with Crippen molar-refractivity contribution in [3.8, 4) is 0 Å². The summed E-state index contributed by atoms with van der Waals surface area (Å²) in [5.41, 5.74) is 3.11. The van der Waals surface area contributed by atoms with Gasteiger partial charge in [-0.05, 0) is 35.7 Å². The molecule has 0 unspecified atom stereocenters. The maximum absolute atomic E-state index is 13.7. The lowest BCUT2D eigenvalue weighted by atomic mass is 10.00. The normalized spacial score (nSPS) is 14.3. The van der Waals surface area contributed by atoms with Gasteiger partial charge in [0, 0.05) is 45.3 Å². The van der Waals surface area contributed by atoms with Crippen LogP contribution in [0.1, 0.15) is 16.7 Å². The minimum Gasteiger partial charge on any atom is -0.355 e. The van der Waals surface area contributed by atoms with Crippen LogP contribution in [0.5, 0.6) is 0 Å². The van der Waals surface area contributed by atoms with Gasteiger partial charge in [-0.15, -0.1) is 24.0 Å². The quantitative estimate of drug-likeness (QED) is 0.387. The van der Waals surface area contributed by atoms with Gasteiger partial charge in [-0.1, -0.05) is 24.3 Å². The molecular weight excluding hydrogens is 461 g/mol. The zero-order valence-corrected chi connectivity index (χ0v) is 17.7. The van der Waals surface area contributed by atoms with E-state index in [0.717, 1.165) is 44.7 Å². The van der Waals surface area contributed by atoms with Crippen LogP contribution in [0, 0.1) is 11.6 Å². The van der Waals surface area contributed by atoms with Crippen molar-refractivity contribution in [3.05, 3.63) is 70.8 Å². The van der Waals surface area contributed by atoms with E-state index in [1.165, 1.54) is 17.2 Å². The summed E-state index contributed by atoms with van der Waals surface area (Å²) >= 11 is 0. The summed E-state index contributed by atoms with van der Waals surface area (Å²) < 4.78 is 26.9. The van der Waals surface area contributed by atoms with Crippen LogP contribution in [0.3, 0.4) is 0 Å². The Labute approximate surface area is 176 Å². The van der Waals surface area contributed by atoms with Crippen molar-refractivity contribution in [1.82, 2.24) is 15.5 Å². The predicted molar refractivity (Wildman–Crippen MR) is 115 cm³/mol. The third kappa shape index (κ3) is 6.14. The maximum Gasteiger partial charge on any atom is 0.191 e. The number of hydrogen-bond donors (Lipinski definition) is 2. The van der Waals surface area contributed by atoms with E-state index < -0.39 is 11.6 Å². The summed E-state index contributed by atoms with van der Waals surface area (Å²) in [6, 6.07) is 12.0. The van der Waals surface area contributed by atoms with Crippen LogP contribution in [0.4, 0.5) is 8.78 Å². The molecule has 7 heteroatoms. The number of nitrogens with one attached hydrogen (secondary N) is 2.